The van der Waals surface area contributed by atoms with Gasteiger partial charge in [0, 0.05) is 34.8 Å². The smallest absolute Gasteiger partial charge is 0.252 e. The highest BCUT2D eigenvalue weighted by Crippen LogP contribution is 2.31. The Labute approximate surface area is 188 Å². The summed E-state index contributed by atoms with van der Waals surface area (Å²) in [7, 11) is 0. The summed E-state index contributed by atoms with van der Waals surface area (Å²) in [5, 5.41) is 4.43. The van der Waals surface area contributed by atoms with E-state index in [4.69, 9.17) is 0 Å². The molecule has 156 valence electrons. The Morgan fingerprint density at radius 2 is 1.31 bits per heavy atom. The third-order valence-electron chi connectivity index (χ3n) is 5.77. The van der Waals surface area contributed by atoms with Gasteiger partial charge in [0.2, 0.25) is 0 Å². The number of hydrogen-bond acceptors (Lipinski definition) is 1. The average Bonchev–Trinajstić information content (AvgIpc) is 3.22. The van der Waals surface area contributed by atoms with Gasteiger partial charge in [-0.2, -0.15) is 0 Å². The molecule has 0 fully saturated rings. The normalized spacial score (nSPS) is 11.9. The van der Waals surface area contributed by atoms with Gasteiger partial charge in [-0.05, 0) is 29.3 Å². The molecule has 1 heterocycles. The molecule has 3 nitrogen and oxygen atoms in total. The number of rotatable bonds is 6. The molecular formula is C29H24N2O. The number of carbonyl (C=O) groups excluding carboxylic acids is 1. The summed E-state index contributed by atoms with van der Waals surface area (Å²) in [4.78, 5) is 13.1. The van der Waals surface area contributed by atoms with Crippen LogP contribution >= 0.6 is 0 Å². The highest BCUT2D eigenvalue weighted by atomic mass is 16.1. The molecule has 0 radical (unpaired) electrons. The second kappa shape index (κ2) is 8.94. The zero-order chi connectivity index (χ0) is 21.8. The summed E-state index contributed by atoms with van der Waals surface area (Å²) in [6.45, 7) is 0.773. The number of aromatic nitrogens is 1. The summed E-state index contributed by atoms with van der Waals surface area (Å²) in [6, 6.07) is 38.1. The predicted molar refractivity (Wildman–Crippen MR) is 130 cm³/mol. The molecule has 0 saturated carbocycles. The van der Waals surface area contributed by atoms with E-state index in [2.05, 4.69) is 76.7 Å². The Hall–Kier alpha value is -4.11. The molecular weight excluding hydrogens is 392 g/mol. The van der Waals surface area contributed by atoms with E-state index in [0.717, 1.165) is 28.6 Å². The van der Waals surface area contributed by atoms with Gasteiger partial charge in [0.1, 0.15) is 0 Å². The van der Waals surface area contributed by atoms with Gasteiger partial charge in [-0.15, -0.1) is 0 Å². The summed E-state index contributed by atoms with van der Waals surface area (Å²) < 4.78 is 2.27. The molecule has 0 saturated heterocycles. The minimum absolute atomic E-state index is 0.0839. The van der Waals surface area contributed by atoms with Gasteiger partial charge in [-0.3, -0.25) is 4.79 Å². The van der Waals surface area contributed by atoms with Gasteiger partial charge in [-0.25, -0.2) is 0 Å². The Kier molecular flexibility index (Phi) is 5.54. The number of nitrogens with zero attached hydrogens (tertiary/aromatic N) is 1. The van der Waals surface area contributed by atoms with Gasteiger partial charge in [0.05, 0.1) is 6.04 Å². The highest BCUT2D eigenvalue weighted by molar-refractivity contribution is 5.95. The summed E-state index contributed by atoms with van der Waals surface area (Å²) in [5.74, 6) is -0.0839. The fraction of sp³-hybridized carbons (Fsp3) is 0.0690. The first-order valence-corrected chi connectivity index (χ1v) is 10.8. The second-order valence-corrected chi connectivity index (χ2v) is 7.90. The lowest BCUT2D eigenvalue weighted by molar-refractivity contribution is 0.0943. The molecule has 0 unspecified atom stereocenters. The largest absolute Gasteiger partial charge is 0.343 e. The molecule has 5 aromatic rings. The first-order valence-electron chi connectivity index (χ1n) is 10.8. The summed E-state index contributed by atoms with van der Waals surface area (Å²) in [6.07, 6.45) is 2.18. The minimum Gasteiger partial charge on any atom is -0.343 e. The van der Waals surface area contributed by atoms with Crippen LogP contribution < -0.4 is 5.32 Å². The van der Waals surface area contributed by atoms with Crippen LogP contribution in [0.2, 0.25) is 0 Å². The van der Waals surface area contributed by atoms with Crippen molar-refractivity contribution < 1.29 is 4.79 Å². The monoisotopic (exact) mass is 416 g/mol. The van der Waals surface area contributed by atoms with E-state index >= 15 is 0 Å². The van der Waals surface area contributed by atoms with Crippen LogP contribution in [0.1, 0.15) is 33.1 Å². The van der Waals surface area contributed by atoms with E-state index in [0.29, 0.717) is 5.56 Å². The quantitative estimate of drug-likeness (QED) is 0.351. The number of amides is 1. The Bertz CT molecular complexity index is 1330. The molecule has 1 atom stereocenters. The molecule has 1 N–H and O–H groups in total. The average molecular weight is 417 g/mol. The Balaban J connectivity index is 1.59. The maximum atomic E-state index is 13.1. The molecule has 3 heteroatoms. The number of fused-ring (bicyclic) bond motifs is 1. The Morgan fingerprint density at radius 1 is 0.719 bits per heavy atom. The van der Waals surface area contributed by atoms with Crippen LogP contribution in [0, 0.1) is 0 Å². The lowest BCUT2D eigenvalue weighted by atomic mass is 9.97. The fourth-order valence-corrected chi connectivity index (χ4v) is 4.21. The van der Waals surface area contributed by atoms with Crippen LogP contribution in [0.5, 0.6) is 0 Å². The first-order chi connectivity index (χ1) is 15.8. The maximum Gasteiger partial charge on any atom is 0.252 e. The number of para-hydroxylation sites is 1. The van der Waals surface area contributed by atoms with Crippen LogP contribution in [0.3, 0.4) is 0 Å². The summed E-state index contributed by atoms with van der Waals surface area (Å²) in [5.41, 5.74) is 5.19. The lowest BCUT2D eigenvalue weighted by Gasteiger charge is -2.19. The Morgan fingerprint density at radius 3 is 2.03 bits per heavy atom. The van der Waals surface area contributed by atoms with Gasteiger partial charge in [0.15, 0.2) is 0 Å². The summed E-state index contributed by atoms with van der Waals surface area (Å²) >= 11 is 0. The van der Waals surface area contributed by atoms with E-state index in [9.17, 15) is 4.79 Å². The predicted octanol–water partition coefficient (Wildman–Crippen LogP) is 6.21. The highest BCUT2D eigenvalue weighted by Gasteiger charge is 2.22. The van der Waals surface area contributed by atoms with Crippen molar-refractivity contribution in [2.75, 3.05) is 0 Å². The zero-order valence-corrected chi connectivity index (χ0v) is 17.7. The van der Waals surface area contributed by atoms with Crippen LogP contribution in [0.15, 0.2) is 121 Å². The van der Waals surface area contributed by atoms with Crippen LogP contribution in [0.4, 0.5) is 0 Å². The van der Waals surface area contributed by atoms with Crippen molar-refractivity contribution in [1.29, 1.82) is 0 Å². The van der Waals surface area contributed by atoms with E-state index in [1.54, 1.807) is 0 Å². The third-order valence-corrected chi connectivity index (χ3v) is 5.77. The molecule has 0 aliphatic carbocycles. The molecule has 1 aromatic heterocycles. The van der Waals surface area contributed by atoms with Crippen LogP contribution in [-0.2, 0) is 6.54 Å². The van der Waals surface area contributed by atoms with Crippen molar-refractivity contribution in [3.8, 4) is 0 Å². The SMILES string of the molecule is O=C(N[C@H](c1ccccc1)c1cn(Cc2ccccc2)c2ccccc12)c1ccccc1. The molecule has 0 aliphatic heterocycles. The lowest BCUT2D eigenvalue weighted by Crippen LogP contribution is -2.29. The fourth-order valence-electron chi connectivity index (χ4n) is 4.21. The van der Waals surface area contributed by atoms with Gasteiger partial charge in [-0.1, -0.05) is 97.1 Å². The zero-order valence-electron chi connectivity index (χ0n) is 17.7. The minimum atomic E-state index is -0.258. The van der Waals surface area contributed by atoms with E-state index < -0.39 is 0 Å². The third kappa shape index (κ3) is 4.06. The van der Waals surface area contributed by atoms with Crippen molar-refractivity contribution in [3.05, 3.63) is 144 Å². The van der Waals surface area contributed by atoms with Crippen molar-refractivity contribution in [2.24, 2.45) is 0 Å². The van der Waals surface area contributed by atoms with Crippen molar-refractivity contribution in [1.82, 2.24) is 9.88 Å². The topological polar surface area (TPSA) is 34.0 Å². The molecule has 0 spiro atoms. The van der Waals surface area contributed by atoms with Crippen molar-refractivity contribution >= 4 is 16.8 Å². The molecule has 1 amide bonds. The van der Waals surface area contributed by atoms with Crippen LogP contribution in [0.25, 0.3) is 10.9 Å². The van der Waals surface area contributed by atoms with Gasteiger partial charge in [0.25, 0.3) is 5.91 Å². The molecule has 5 rings (SSSR count). The van der Waals surface area contributed by atoms with Crippen molar-refractivity contribution in [3.63, 3.8) is 0 Å². The molecule has 4 aromatic carbocycles. The first kappa shape index (κ1) is 19.8. The molecule has 32 heavy (non-hydrogen) atoms. The molecule has 0 bridgehead atoms. The van der Waals surface area contributed by atoms with Gasteiger partial charge >= 0.3 is 0 Å². The van der Waals surface area contributed by atoms with E-state index in [1.165, 1.54) is 5.56 Å². The number of carbonyl (C=O) groups is 1. The maximum absolute atomic E-state index is 13.1. The number of nitrogens with one attached hydrogen (secondary N) is 1. The standard InChI is InChI=1S/C29H24N2O/c32-29(24-16-8-3-9-17-24)30-28(23-14-6-2-7-15-23)26-21-31(20-22-12-4-1-5-13-22)27-19-11-10-18-25(26)27/h1-19,21,28H,20H2,(H,30,32)/t28-/m1/s1. The number of hydrogen-bond donors (Lipinski definition) is 1. The second-order valence-electron chi connectivity index (χ2n) is 7.90. The van der Waals surface area contributed by atoms with Crippen molar-refractivity contribution in [2.45, 2.75) is 12.6 Å². The molecule has 0 aliphatic rings. The van der Waals surface area contributed by atoms with Crippen LogP contribution in [-0.4, -0.2) is 10.5 Å². The van der Waals surface area contributed by atoms with E-state index in [1.807, 2.05) is 54.6 Å². The van der Waals surface area contributed by atoms with E-state index in [-0.39, 0.29) is 11.9 Å². The van der Waals surface area contributed by atoms with Gasteiger partial charge < -0.3 is 9.88 Å². The number of benzene rings is 4.